The summed E-state index contributed by atoms with van der Waals surface area (Å²) in [7, 11) is 0. The number of nitro benzene ring substituents is 1. The number of carbonyl (C=O) groups is 1. The zero-order valence-electron chi connectivity index (χ0n) is 24.8. The molecule has 4 unspecified atom stereocenters. The number of nitro groups is 1. The van der Waals surface area contributed by atoms with E-state index < -0.39 is 5.97 Å². The number of nitrogen functional groups attached to an aromatic ring is 1. The zero-order valence-corrected chi connectivity index (χ0v) is 25.7. The Morgan fingerprint density at radius 2 is 1.68 bits per heavy atom. The molecule has 4 aromatic carbocycles. The lowest BCUT2D eigenvalue weighted by Crippen LogP contribution is -2.49. The van der Waals surface area contributed by atoms with E-state index in [0.29, 0.717) is 35.4 Å². The average Bonchev–Trinajstić information content (AvgIpc) is 3.01. The van der Waals surface area contributed by atoms with Crippen molar-refractivity contribution in [1.29, 1.82) is 0 Å². The van der Waals surface area contributed by atoms with Crippen LogP contribution in [0, 0.1) is 28.9 Å². The molecule has 0 saturated carbocycles. The van der Waals surface area contributed by atoms with Gasteiger partial charge in [-0.25, -0.2) is 0 Å². The maximum absolute atomic E-state index is 12.5. The normalized spacial score (nSPS) is 22.1. The van der Waals surface area contributed by atoms with Gasteiger partial charge in [0.25, 0.3) is 5.69 Å². The smallest absolute Gasteiger partial charge is 0.303 e. The lowest BCUT2D eigenvalue weighted by Gasteiger charge is -2.55. The topological polar surface area (TPSA) is 110 Å². The number of fused-ring (bicyclic) bond motifs is 7. The number of hydrogen-bond acceptors (Lipinski definition) is 6. The van der Waals surface area contributed by atoms with E-state index >= 15 is 0 Å². The van der Waals surface area contributed by atoms with E-state index in [1.54, 1.807) is 18.2 Å². The Balaban J connectivity index is 1.44. The first-order chi connectivity index (χ1) is 21.2. The van der Waals surface area contributed by atoms with Gasteiger partial charge in [-0.2, -0.15) is 12.6 Å². The van der Waals surface area contributed by atoms with Gasteiger partial charge in [-0.3, -0.25) is 14.9 Å². The van der Waals surface area contributed by atoms with Crippen molar-refractivity contribution in [2.75, 3.05) is 10.6 Å². The van der Waals surface area contributed by atoms with E-state index in [-0.39, 0.29) is 29.1 Å². The summed E-state index contributed by atoms with van der Waals surface area (Å²) in [6.07, 6.45) is 5.60. The Morgan fingerprint density at radius 1 is 0.977 bits per heavy atom. The quantitative estimate of drug-likeness (QED) is 0.0890. The molecule has 0 amide bonds. The molecular formula is C36H37N3O4S. The molecule has 0 radical (unpaired) electrons. The molecule has 0 aromatic heterocycles. The lowest BCUT2D eigenvalue weighted by atomic mass is 9.64. The van der Waals surface area contributed by atoms with Crippen LogP contribution in [0.15, 0.2) is 60.7 Å². The number of benzene rings is 4. The monoisotopic (exact) mass is 607 g/mol. The van der Waals surface area contributed by atoms with Crippen LogP contribution in [0.4, 0.5) is 17.1 Å². The first kappa shape index (κ1) is 28.7. The third-order valence-corrected chi connectivity index (χ3v) is 10.7. The highest BCUT2D eigenvalue weighted by molar-refractivity contribution is 7.79. The van der Waals surface area contributed by atoms with Gasteiger partial charge in [0.15, 0.2) is 0 Å². The number of hydrogen-bond donors (Lipinski definition) is 3. The van der Waals surface area contributed by atoms with E-state index in [2.05, 4.69) is 66.9 Å². The molecule has 0 spiro atoms. The third kappa shape index (κ3) is 4.89. The number of piperidine rings is 1. The van der Waals surface area contributed by atoms with Crippen molar-refractivity contribution in [2.45, 2.75) is 69.7 Å². The van der Waals surface area contributed by atoms with Crippen molar-refractivity contribution in [1.82, 2.24) is 0 Å². The predicted octanol–water partition coefficient (Wildman–Crippen LogP) is 7.90. The second-order valence-electron chi connectivity index (χ2n) is 12.9. The molecule has 0 bridgehead atoms. The summed E-state index contributed by atoms with van der Waals surface area (Å²) in [4.78, 5) is 26.0. The number of nitrogens with zero attached hydrogens (tertiary/aromatic N) is 2. The Bertz CT molecular complexity index is 1820. The second kappa shape index (κ2) is 11.1. The standard InChI is InChI=1S/C36H37N3O4S/c1-20-12-30-24(14-22(20)8-11-34(40)41)4-6-26-16-27-7-5-25-15-28-13-21(19-44)2-3-23(28)17-31(25)36(27)38(35(26)30)33-18-29(37)9-10-32(33)39(42)43/h2-3,9-10,12-15,17-18,26-27,35-36,44H,4-8,11,16,19,37H2,1H3,(H,40,41). The van der Waals surface area contributed by atoms with Crippen molar-refractivity contribution in [2.24, 2.45) is 11.8 Å². The van der Waals surface area contributed by atoms with Gasteiger partial charge >= 0.3 is 5.97 Å². The van der Waals surface area contributed by atoms with Crippen molar-refractivity contribution in [3.8, 4) is 0 Å². The summed E-state index contributed by atoms with van der Waals surface area (Å²) in [6, 6.07) is 20.5. The predicted molar refractivity (Wildman–Crippen MR) is 177 cm³/mol. The van der Waals surface area contributed by atoms with Crippen LogP contribution in [0.2, 0.25) is 0 Å². The number of carboxylic acid groups (broad SMARTS) is 1. The number of nitrogens with two attached hydrogens (primary N) is 1. The number of anilines is 2. The third-order valence-electron chi connectivity index (χ3n) is 10.3. The minimum absolute atomic E-state index is 0.0348. The van der Waals surface area contributed by atoms with Crippen LogP contribution < -0.4 is 10.6 Å². The summed E-state index contributed by atoms with van der Waals surface area (Å²) >= 11 is 4.48. The van der Waals surface area contributed by atoms with Gasteiger partial charge in [0.05, 0.1) is 17.0 Å². The maximum Gasteiger partial charge on any atom is 0.303 e. The highest BCUT2D eigenvalue weighted by Gasteiger charge is 2.49. The molecule has 7 rings (SSSR count). The first-order valence-electron chi connectivity index (χ1n) is 15.5. The fraction of sp³-hybridized carbons (Fsp3) is 0.361. The molecule has 1 fully saturated rings. The lowest BCUT2D eigenvalue weighted by molar-refractivity contribution is -0.384. The van der Waals surface area contributed by atoms with Crippen molar-refractivity contribution in [3.63, 3.8) is 0 Å². The molecule has 226 valence electrons. The van der Waals surface area contributed by atoms with Crippen LogP contribution in [0.3, 0.4) is 0 Å². The molecule has 3 N–H and O–H groups in total. The molecule has 1 saturated heterocycles. The van der Waals surface area contributed by atoms with E-state index in [1.165, 1.54) is 38.6 Å². The molecule has 4 aromatic rings. The molecule has 44 heavy (non-hydrogen) atoms. The Labute approximate surface area is 262 Å². The number of aryl methyl sites for hydroxylation is 4. The Morgan fingerprint density at radius 3 is 2.36 bits per heavy atom. The van der Waals surface area contributed by atoms with Crippen molar-refractivity contribution in [3.05, 3.63) is 110 Å². The SMILES string of the molecule is Cc1cc2c(cc1CCC(=O)O)CCC1CC3CCc4cc5cc(CS)ccc5cc4C3N(c3cc(N)ccc3[N+](=O)[O-])C21. The van der Waals surface area contributed by atoms with Gasteiger partial charge in [-0.15, -0.1) is 0 Å². The highest BCUT2D eigenvalue weighted by atomic mass is 32.1. The minimum atomic E-state index is -0.800. The number of carboxylic acids is 1. The van der Waals surface area contributed by atoms with Gasteiger partial charge < -0.3 is 15.7 Å². The average molecular weight is 608 g/mol. The minimum Gasteiger partial charge on any atom is -0.481 e. The molecule has 1 aliphatic heterocycles. The van der Waals surface area contributed by atoms with Crippen LogP contribution in [0.25, 0.3) is 10.8 Å². The summed E-state index contributed by atoms with van der Waals surface area (Å²) < 4.78 is 0. The summed E-state index contributed by atoms with van der Waals surface area (Å²) in [6.45, 7) is 2.06. The summed E-state index contributed by atoms with van der Waals surface area (Å²) in [5, 5.41) is 24.2. The molecule has 8 heteroatoms. The maximum atomic E-state index is 12.5. The molecule has 3 aliphatic rings. The molecule has 7 nitrogen and oxygen atoms in total. The second-order valence-corrected chi connectivity index (χ2v) is 13.2. The van der Waals surface area contributed by atoms with E-state index in [9.17, 15) is 20.0 Å². The van der Waals surface area contributed by atoms with Crippen LogP contribution in [-0.4, -0.2) is 16.0 Å². The van der Waals surface area contributed by atoms with Gasteiger partial charge in [0, 0.05) is 23.9 Å². The van der Waals surface area contributed by atoms with Gasteiger partial charge in [0.1, 0.15) is 5.69 Å². The van der Waals surface area contributed by atoms with Crippen molar-refractivity contribution >= 4 is 46.4 Å². The molecule has 4 atom stereocenters. The van der Waals surface area contributed by atoms with Gasteiger partial charge in [-0.1, -0.05) is 36.4 Å². The fourth-order valence-electron chi connectivity index (χ4n) is 8.35. The van der Waals surface area contributed by atoms with Crippen LogP contribution in [0.5, 0.6) is 0 Å². The van der Waals surface area contributed by atoms with Gasteiger partial charge in [0.2, 0.25) is 0 Å². The molecule has 2 aliphatic carbocycles. The zero-order chi connectivity index (χ0) is 30.7. The Hall–Kier alpha value is -4.04. The fourth-order valence-corrected chi connectivity index (χ4v) is 8.54. The summed E-state index contributed by atoms with van der Waals surface area (Å²) in [5.74, 6) is 0.585. The number of rotatable bonds is 6. The van der Waals surface area contributed by atoms with Crippen LogP contribution in [-0.2, 0) is 29.8 Å². The molecule has 1 heterocycles. The van der Waals surface area contributed by atoms with Crippen LogP contribution >= 0.6 is 12.6 Å². The number of aliphatic carboxylic acids is 1. The largest absolute Gasteiger partial charge is 0.481 e. The van der Waals surface area contributed by atoms with Crippen LogP contribution in [0.1, 0.15) is 76.7 Å². The van der Waals surface area contributed by atoms with E-state index in [0.717, 1.165) is 43.2 Å². The number of thiol groups is 1. The summed E-state index contributed by atoms with van der Waals surface area (Å²) in [5.41, 5.74) is 15.8. The molecular weight excluding hydrogens is 570 g/mol. The van der Waals surface area contributed by atoms with E-state index in [1.807, 2.05) is 0 Å². The van der Waals surface area contributed by atoms with Crippen molar-refractivity contribution < 1.29 is 14.8 Å². The Kier molecular flexibility index (Phi) is 7.28. The first-order valence-corrected chi connectivity index (χ1v) is 16.2. The van der Waals surface area contributed by atoms with E-state index in [4.69, 9.17) is 5.73 Å². The van der Waals surface area contributed by atoms with Gasteiger partial charge in [-0.05, 0) is 125 Å². The highest BCUT2D eigenvalue weighted by Crippen LogP contribution is 2.58.